The molecule has 0 aliphatic carbocycles. The second-order valence-electron chi connectivity index (χ2n) is 8.07. The number of thioether (sulfide) groups is 1. The third kappa shape index (κ3) is 6.08. The van der Waals surface area contributed by atoms with Crippen LogP contribution in [0.1, 0.15) is 37.3 Å². The molecule has 0 spiro atoms. The standard InChI is InChI=1S/C24H24F3N3O4S/c1-2-3-9-28-21(31)12-20-22(32)30(13-15-7-8-18-19(10-15)34-14-33-18)23(35-20)29-17-6-4-5-16(11-17)24(25,26)27/h4-8,10-11,20H,2-3,9,12-14H2,1H3,(H,28,31)/t20-/m0/s1. The molecule has 11 heteroatoms. The van der Waals surface area contributed by atoms with Crippen molar-refractivity contribution in [2.75, 3.05) is 13.3 Å². The fraction of sp³-hybridized carbons (Fsp3) is 0.375. The van der Waals surface area contributed by atoms with E-state index in [0.29, 0.717) is 18.0 Å². The van der Waals surface area contributed by atoms with Gasteiger partial charge in [-0.25, -0.2) is 4.99 Å². The highest BCUT2D eigenvalue weighted by Crippen LogP contribution is 2.37. The highest BCUT2D eigenvalue weighted by atomic mass is 32.2. The van der Waals surface area contributed by atoms with Gasteiger partial charge in [0.2, 0.25) is 18.6 Å². The molecule has 35 heavy (non-hydrogen) atoms. The Hall–Kier alpha value is -3.21. The van der Waals surface area contributed by atoms with Gasteiger partial charge in [0.15, 0.2) is 16.7 Å². The van der Waals surface area contributed by atoms with Crippen LogP contribution in [0, 0.1) is 0 Å². The number of carbonyl (C=O) groups excluding carboxylic acids is 2. The predicted molar refractivity (Wildman–Crippen MR) is 126 cm³/mol. The van der Waals surface area contributed by atoms with E-state index in [2.05, 4.69) is 10.3 Å². The van der Waals surface area contributed by atoms with Gasteiger partial charge in [0.25, 0.3) is 0 Å². The van der Waals surface area contributed by atoms with Crippen LogP contribution in [0.5, 0.6) is 11.5 Å². The van der Waals surface area contributed by atoms with Crippen LogP contribution < -0.4 is 14.8 Å². The normalized spacial score (nSPS) is 18.4. The molecule has 1 fully saturated rings. The van der Waals surface area contributed by atoms with Crippen LogP contribution in [0.4, 0.5) is 18.9 Å². The van der Waals surface area contributed by atoms with Crippen molar-refractivity contribution in [2.24, 2.45) is 4.99 Å². The van der Waals surface area contributed by atoms with Crippen LogP contribution in [0.25, 0.3) is 0 Å². The van der Waals surface area contributed by atoms with Gasteiger partial charge in [-0.05, 0) is 42.3 Å². The number of rotatable bonds is 8. The minimum Gasteiger partial charge on any atom is -0.454 e. The van der Waals surface area contributed by atoms with E-state index in [4.69, 9.17) is 9.47 Å². The number of aliphatic imine (C=N–C) groups is 1. The number of halogens is 3. The van der Waals surface area contributed by atoms with Crippen molar-refractivity contribution in [3.63, 3.8) is 0 Å². The molecule has 186 valence electrons. The van der Waals surface area contributed by atoms with Gasteiger partial charge in [0.1, 0.15) is 5.25 Å². The highest BCUT2D eigenvalue weighted by molar-refractivity contribution is 8.15. The first-order valence-corrected chi connectivity index (χ1v) is 12.0. The van der Waals surface area contributed by atoms with Crippen LogP contribution in [0.2, 0.25) is 0 Å². The van der Waals surface area contributed by atoms with Gasteiger partial charge >= 0.3 is 6.18 Å². The Morgan fingerprint density at radius 3 is 2.77 bits per heavy atom. The molecule has 1 atom stereocenters. The zero-order chi connectivity index (χ0) is 25.0. The van der Waals surface area contributed by atoms with Gasteiger partial charge in [-0.15, -0.1) is 0 Å². The topological polar surface area (TPSA) is 80.2 Å². The summed E-state index contributed by atoms with van der Waals surface area (Å²) in [7, 11) is 0. The van der Waals surface area contributed by atoms with E-state index in [1.807, 2.05) is 6.92 Å². The van der Waals surface area contributed by atoms with Gasteiger partial charge in [0.05, 0.1) is 17.8 Å². The lowest BCUT2D eigenvalue weighted by Gasteiger charge is -2.17. The first-order valence-electron chi connectivity index (χ1n) is 11.1. The largest absolute Gasteiger partial charge is 0.454 e. The van der Waals surface area contributed by atoms with Crippen molar-refractivity contribution in [1.82, 2.24) is 10.2 Å². The number of hydrogen-bond acceptors (Lipinski definition) is 6. The molecule has 1 N–H and O–H groups in total. The van der Waals surface area contributed by atoms with E-state index in [-0.39, 0.29) is 42.4 Å². The average Bonchev–Trinajstić information content (AvgIpc) is 3.39. The molecule has 2 aliphatic heterocycles. The summed E-state index contributed by atoms with van der Waals surface area (Å²) in [5.41, 5.74) is -0.0327. The smallest absolute Gasteiger partial charge is 0.416 e. The molecule has 0 radical (unpaired) electrons. The quantitative estimate of drug-likeness (QED) is 0.516. The first-order chi connectivity index (χ1) is 16.7. The summed E-state index contributed by atoms with van der Waals surface area (Å²) in [6.45, 7) is 2.75. The van der Waals surface area contributed by atoms with Crippen molar-refractivity contribution in [3.8, 4) is 11.5 Å². The number of nitrogens with zero attached hydrogens (tertiary/aromatic N) is 2. The van der Waals surface area contributed by atoms with E-state index in [1.54, 1.807) is 18.2 Å². The van der Waals surface area contributed by atoms with Crippen LogP contribution >= 0.6 is 11.8 Å². The zero-order valence-electron chi connectivity index (χ0n) is 18.9. The zero-order valence-corrected chi connectivity index (χ0v) is 19.7. The lowest BCUT2D eigenvalue weighted by atomic mass is 10.1. The third-order valence-electron chi connectivity index (χ3n) is 5.42. The SMILES string of the molecule is CCCCNC(=O)C[C@@H]1SC(=Nc2cccc(C(F)(F)F)c2)N(Cc2ccc3c(c2)OCO3)C1=O. The Kier molecular flexibility index (Phi) is 7.54. The molecular formula is C24H24F3N3O4S. The maximum Gasteiger partial charge on any atom is 0.416 e. The van der Waals surface area contributed by atoms with Crippen LogP contribution in [0.15, 0.2) is 47.5 Å². The summed E-state index contributed by atoms with van der Waals surface area (Å²) >= 11 is 1.08. The van der Waals surface area contributed by atoms with Gasteiger partial charge in [-0.3, -0.25) is 14.5 Å². The fourth-order valence-electron chi connectivity index (χ4n) is 3.60. The van der Waals surface area contributed by atoms with Crippen LogP contribution in [0.3, 0.4) is 0 Å². The monoisotopic (exact) mass is 507 g/mol. The van der Waals surface area contributed by atoms with Crippen molar-refractivity contribution in [3.05, 3.63) is 53.6 Å². The van der Waals surface area contributed by atoms with E-state index in [0.717, 1.165) is 42.3 Å². The molecule has 7 nitrogen and oxygen atoms in total. The maximum absolute atomic E-state index is 13.2. The molecule has 1 saturated heterocycles. The van der Waals surface area contributed by atoms with Gasteiger partial charge in [0, 0.05) is 13.0 Å². The number of unbranched alkanes of at least 4 members (excludes halogenated alkanes) is 1. The minimum atomic E-state index is -4.51. The van der Waals surface area contributed by atoms with E-state index in [1.165, 1.54) is 17.0 Å². The number of amidine groups is 1. The number of carbonyl (C=O) groups is 2. The number of fused-ring (bicyclic) bond motifs is 1. The molecule has 0 aromatic heterocycles. The van der Waals surface area contributed by atoms with Crippen molar-refractivity contribution in [2.45, 2.75) is 44.2 Å². The lowest BCUT2D eigenvalue weighted by Crippen LogP contribution is -2.34. The van der Waals surface area contributed by atoms with Gasteiger partial charge in [-0.2, -0.15) is 13.2 Å². The number of alkyl halides is 3. The van der Waals surface area contributed by atoms with Crippen molar-refractivity contribution >= 4 is 34.4 Å². The molecule has 2 aromatic carbocycles. The number of benzene rings is 2. The number of ether oxygens (including phenoxy) is 2. The molecular weight excluding hydrogens is 483 g/mol. The molecule has 0 bridgehead atoms. The van der Waals surface area contributed by atoms with E-state index >= 15 is 0 Å². The number of amides is 2. The Labute approximate surface area is 204 Å². The molecule has 2 amide bonds. The Balaban J connectivity index is 1.59. The van der Waals surface area contributed by atoms with E-state index in [9.17, 15) is 22.8 Å². The Morgan fingerprint density at radius 2 is 2.00 bits per heavy atom. The predicted octanol–water partition coefficient (Wildman–Crippen LogP) is 4.87. The van der Waals surface area contributed by atoms with Gasteiger partial charge < -0.3 is 14.8 Å². The minimum absolute atomic E-state index is 0.0491. The number of hydrogen-bond donors (Lipinski definition) is 1. The van der Waals surface area contributed by atoms with Crippen molar-refractivity contribution in [1.29, 1.82) is 0 Å². The molecule has 4 rings (SSSR count). The molecule has 2 aromatic rings. The molecule has 0 unspecified atom stereocenters. The Morgan fingerprint density at radius 1 is 1.20 bits per heavy atom. The second-order valence-corrected chi connectivity index (χ2v) is 9.24. The summed E-state index contributed by atoms with van der Waals surface area (Å²) in [5, 5.41) is 2.30. The third-order valence-corrected chi connectivity index (χ3v) is 6.59. The first kappa shape index (κ1) is 24.9. The summed E-state index contributed by atoms with van der Waals surface area (Å²) in [5.74, 6) is 0.553. The Bertz CT molecular complexity index is 1140. The average molecular weight is 508 g/mol. The van der Waals surface area contributed by atoms with Crippen LogP contribution in [-0.4, -0.2) is 40.5 Å². The highest BCUT2D eigenvalue weighted by Gasteiger charge is 2.39. The summed E-state index contributed by atoms with van der Waals surface area (Å²) in [4.78, 5) is 31.3. The fourth-order valence-corrected chi connectivity index (χ4v) is 4.76. The maximum atomic E-state index is 13.2. The van der Waals surface area contributed by atoms with E-state index < -0.39 is 17.0 Å². The molecule has 0 saturated carbocycles. The van der Waals surface area contributed by atoms with Crippen LogP contribution in [-0.2, 0) is 22.3 Å². The van der Waals surface area contributed by atoms with Crippen molar-refractivity contribution < 1.29 is 32.2 Å². The lowest BCUT2D eigenvalue weighted by molar-refractivity contribution is -0.137. The molecule has 2 aliphatic rings. The summed E-state index contributed by atoms with van der Waals surface area (Å²) in [6.07, 6.45) is -2.81. The molecule has 2 heterocycles. The van der Waals surface area contributed by atoms with Gasteiger partial charge in [-0.1, -0.05) is 37.2 Å². The summed E-state index contributed by atoms with van der Waals surface area (Å²) in [6, 6.07) is 9.85. The number of nitrogens with one attached hydrogen (secondary N) is 1. The second kappa shape index (κ2) is 10.6. The summed E-state index contributed by atoms with van der Waals surface area (Å²) < 4.78 is 50.2.